The zero-order chi connectivity index (χ0) is 8.97. The second-order valence-corrected chi connectivity index (χ2v) is 3.57. The Kier molecular flexibility index (Phi) is 3.44. The fraction of sp³-hybridized carbons (Fsp3) is 0.444. The first-order valence-corrected chi connectivity index (χ1v) is 4.87. The predicted octanol–water partition coefficient (Wildman–Crippen LogP) is 1.47. The molecule has 1 N–H and O–H groups in total. The van der Waals surface area contributed by atoms with E-state index in [2.05, 4.69) is 16.8 Å². The van der Waals surface area contributed by atoms with Crippen LogP contribution in [0.1, 0.15) is 12.5 Å². The lowest BCUT2D eigenvalue weighted by Gasteiger charge is -2.10. The topological polar surface area (TPSA) is 29.1 Å². The smallest absolute Gasteiger partial charge is 0.147 e. The number of nitrogens with one attached hydrogen (secondary N) is 1. The molecule has 3 heteroatoms. The van der Waals surface area contributed by atoms with E-state index in [0.29, 0.717) is 0 Å². The van der Waals surface area contributed by atoms with Gasteiger partial charge >= 0.3 is 0 Å². The van der Waals surface area contributed by atoms with Gasteiger partial charge in [-0.25, -0.2) is 0 Å². The number of ketones is 1. The zero-order valence-electron chi connectivity index (χ0n) is 7.33. The van der Waals surface area contributed by atoms with Crippen molar-refractivity contribution in [3.05, 3.63) is 22.4 Å². The lowest BCUT2D eigenvalue weighted by atomic mass is 10.1. The van der Waals surface area contributed by atoms with Gasteiger partial charge in [-0.15, -0.1) is 0 Å². The van der Waals surface area contributed by atoms with Gasteiger partial charge in [-0.1, -0.05) is 0 Å². The van der Waals surface area contributed by atoms with Crippen molar-refractivity contribution in [3.63, 3.8) is 0 Å². The minimum Gasteiger partial charge on any atom is -0.310 e. The van der Waals surface area contributed by atoms with Crippen LogP contribution in [0.3, 0.4) is 0 Å². The molecule has 0 spiro atoms. The van der Waals surface area contributed by atoms with E-state index in [1.54, 1.807) is 18.3 Å². The largest absolute Gasteiger partial charge is 0.310 e. The fourth-order valence-corrected chi connectivity index (χ4v) is 1.78. The number of thiophene rings is 1. The number of hydrogen-bond acceptors (Lipinski definition) is 3. The molecule has 0 radical (unpaired) electrons. The second kappa shape index (κ2) is 4.38. The maximum atomic E-state index is 11.0. The molecule has 1 aromatic rings. The Morgan fingerprint density at radius 1 is 1.75 bits per heavy atom. The maximum Gasteiger partial charge on any atom is 0.147 e. The van der Waals surface area contributed by atoms with E-state index < -0.39 is 0 Å². The summed E-state index contributed by atoms with van der Waals surface area (Å²) in [6, 6.07) is 2.03. The first-order chi connectivity index (χ1) is 5.74. The molecule has 0 saturated heterocycles. The van der Waals surface area contributed by atoms with Crippen molar-refractivity contribution in [1.82, 2.24) is 5.32 Å². The van der Waals surface area contributed by atoms with E-state index in [1.165, 1.54) is 5.56 Å². The highest BCUT2D eigenvalue weighted by Crippen LogP contribution is 2.08. The Labute approximate surface area is 76.6 Å². The average Bonchev–Trinajstić information content (AvgIpc) is 2.51. The van der Waals surface area contributed by atoms with Crippen molar-refractivity contribution in [1.29, 1.82) is 0 Å². The standard InChI is InChI=1S/C9H13NOS/c1-7(11)9(10-2)5-8-3-4-12-6-8/h3-4,6,9-10H,5H2,1-2H3/t9-/m0/s1. The third kappa shape index (κ3) is 2.43. The van der Waals surface area contributed by atoms with Gasteiger partial charge in [-0.2, -0.15) is 11.3 Å². The predicted molar refractivity (Wildman–Crippen MR) is 51.6 cm³/mol. The first-order valence-electron chi connectivity index (χ1n) is 3.93. The van der Waals surface area contributed by atoms with E-state index >= 15 is 0 Å². The van der Waals surface area contributed by atoms with Crippen molar-refractivity contribution in [2.75, 3.05) is 7.05 Å². The van der Waals surface area contributed by atoms with E-state index in [1.807, 2.05) is 12.4 Å². The quantitative estimate of drug-likeness (QED) is 0.766. The molecule has 2 nitrogen and oxygen atoms in total. The Balaban J connectivity index is 2.54. The van der Waals surface area contributed by atoms with E-state index in [-0.39, 0.29) is 11.8 Å². The van der Waals surface area contributed by atoms with Crippen molar-refractivity contribution < 1.29 is 4.79 Å². The van der Waals surface area contributed by atoms with Crippen LogP contribution >= 0.6 is 11.3 Å². The molecule has 66 valence electrons. The molecule has 0 fully saturated rings. The van der Waals surface area contributed by atoms with Gasteiger partial charge in [0.2, 0.25) is 0 Å². The third-order valence-electron chi connectivity index (χ3n) is 1.86. The summed E-state index contributed by atoms with van der Waals surface area (Å²) in [5.41, 5.74) is 1.23. The summed E-state index contributed by atoms with van der Waals surface area (Å²) in [6.07, 6.45) is 0.801. The zero-order valence-corrected chi connectivity index (χ0v) is 8.15. The summed E-state index contributed by atoms with van der Waals surface area (Å²) in [5.74, 6) is 0.198. The lowest BCUT2D eigenvalue weighted by molar-refractivity contribution is -0.118. The van der Waals surface area contributed by atoms with Gasteiger partial charge in [0, 0.05) is 0 Å². The van der Waals surface area contributed by atoms with Crippen LogP contribution in [0.25, 0.3) is 0 Å². The second-order valence-electron chi connectivity index (χ2n) is 2.79. The third-order valence-corrected chi connectivity index (χ3v) is 2.59. The number of carbonyl (C=O) groups excluding carboxylic acids is 1. The molecule has 0 aliphatic carbocycles. The van der Waals surface area contributed by atoms with Crippen LogP contribution in [-0.2, 0) is 11.2 Å². The van der Waals surface area contributed by atoms with Gasteiger partial charge in [0.05, 0.1) is 6.04 Å². The maximum absolute atomic E-state index is 11.0. The van der Waals surface area contributed by atoms with Gasteiger partial charge in [0.25, 0.3) is 0 Å². The first kappa shape index (κ1) is 9.42. The summed E-state index contributed by atoms with van der Waals surface area (Å²) < 4.78 is 0. The molecule has 0 amide bonds. The molecule has 0 aliphatic heterocycles. The van der Waals surface area contributed by atoms with Crippen LogP contribution in [0, 0.1) is 0 Å². The molecule has 12 heavy (non-hydrogen) atoms. The minimum atomic E-state index is -0.0281. The van der Waals surface area contributed by atoms with Crippen LogP contribution in [0.4, 0.5) is 0 Å². The number of likely N-dealkylation sites (N-methyl/N-ethyl adjacent to an activating group) is 1. The van der Waals surface area contributed by atoms with Crippen molar-refractivity contribution in [3.8, 4) is 0 Å². The number of Topliss-reactive ketones (excluding diaryl/α,β-unsaturated/α-hetero) is 1. The summed E-state index contributed by atoms with van der Waals surface area (Å²) in [7, 11) is 1.82. The highest BCUT2D eigenvalue weighted by atomic mass is 32.1. The molecule has 1 atom stereocenters. The van der Waals surface area contributed by atoms with Gasteiger partial charge in [-0.3, -0.25) is 4.79 Å². The minimum absolute atomic E-state index is 0.0281. The van der Waals surface area contributed by atoms with Gasteiger partial charge in [0.1, 0.15) is 5.78 Å². The lowest BCUT2D eigenvalue weighted by Crippen LogP contribution is -2.34. The summed E-state index contributed by atoms with van der Waals surface area (Å²) in [4.78, 5) is 11.0. The SMILES string of the molecule is CN[C@@H](Cc1ccsc1)C(C)=O. The van der Waals surface area contributed by atoms with E-state index in [4.69, 9.17) is 0 Å². The highest BCUT2D eigenvalue weighted by Gasteiger charge is 2.11. The van der Waals surface area contributed by atoms with Gasteiger partial charge in [0.15, 0.2) is 0 Å². The van der Waals surface area contributed by atoms with Gasteiger partial charge < -0.3 is 5.32 Å². The van der Waals surface area contributed by atoms with E-state index in [9.17, 15) is 4.79 Å². The Morgan fingerprint density at radius 3 is 2.92 bits per heavy atom. The Morgan fingerprint density at radius 2 is 2.50 bits per heavy atom. The normalized spacial score (nSPS) is 12.8. The molecule has 1 heterocycles. The summed E-state index contributed by atoms with van der Waals surface area (Å²) in [6.45, 7) is 1.62. The highest BCUT2D eigenvalue weighted by molar-refractivity contribution is 7.07. The monoisotopic (exact) mass is 183 g/mol. The van der Waals surface area contributed by atoms with Crippen LogP contribution < -0.4 is 5.32 Å². The average molecular weight is 183 g/mol. The molecule has 0 saturated carbocycles. The van der Waals surface area contributed by atoms with Crippen LogP contribution in [0.15, 0.2) is 16.8 Å². The molecule has 0 unspecified atom stereocenters. The molecule has 0 bridgehead atoms. The Bertz CT molecular complexity index is 243. The number of hydrogen-bond donors (Lipinski definition) is 1. The number of carbonyl (C=O) groups is 1. The Hall–Kier alpha value is -0.670. The molecular weight excluding hydrogens is 170 g/mol. The fourth-order valence-electron chi connectivity index (χ4n) is 1.09. The molecule has 0 aromatic carbocycles. The van der Waals surface area contributed by atoms with Gasteiger partial charge in [-0.05, 0) is 42.8 Å². The molecule has 1 aromatic heterocycles. The van der Waals surface area contributed by atoms with Crippen LogP contribution in [-0.4, -0.2) is 18.9 Å². The van der Waals surface area contributed by atoms with Crippen molar-refractivity contribution in [2.45, 2.75) is 19.4 Å². The molecule has 1 rings (SSSR count). The van der Waals surface area contributed by atoms with Crippen LogP contribution in [0.2, 0.25) is 0 Å². The van der Waals surface area contributed by atoms with Crippen molar-refractivity contribution in [2.24, 2.45) is 0 Å². The number of rotatable bonds is 4. The summed E-state index contributed by atoms with van der Waals surface area (Å²) >= 11 is 1.66. The summed E-state index contributed by atoms with van der Waals surface area (Å²) in [5, 5.41) is 7.10. The molecular formula is C9H13NOS. The van der Waals surface area contributed by atoms with Crippen molar-refractivity contribution >= 4 is 17.1 Å². The van der Waals surface area contributed by atoms with Crippen LogP contribution in [0.5, 0.6) is 0 Å². The molecule has 0 aliphatic rings. The van der Waals surface area contributed by atoms with E-state index in [0.717, 1.165) is 6.42 Å².